The molecule has 0 aliphatic heterocycles. The average molecular weight is 421 g/mol. The first-order valence-corrected chi connectivity index (χ1v) is 10.0. The number of nitrogens with zero attached hydrogens (tertiary/aromatic N) is 5. The predicted molar refractivity (Wildman–Crippen MR) is 120 cm³/mol. The fraction of sp³-hybridized carbons (Fsp3) is 0.0417. The van der Waals surface area contributed by atoms with Gasteiger partial charge in [0.1, 0.15) is 11.3 Å². The quantitative estimate of drug-likeness (QED) is 0.416. The van der Waals surface area contributed by atoms with Gasteiger partial charge in [-0.1, -0.05) is 12.1 Å². The van der Waals surface area contributed by atoms with Crippen LogP contribution in [0.25, 0.3) is 56.0 Å². The second-order valence-electron chi connectivity index (χ2n) is 7.53. The van der Waals surface area contributed by atoms with Gasteiger partial charge >= 0.3 is 0 Å². The van der Waals surface area contributed by atoms with Crippen molar-refractivity contribution in [2.75, 3.05) is 0 Å². The van der Waals surface area contributed by atoms with Crippen molar-refractivity contribution in [1.82, 2.24) is 35.1 Å². The molecule has 0 amide bonds. The van der Waals surface area contributed by atoms with E-state index in [2.05, 4.69) is 25.1 Å². The molecule has 0 atom stereocenters. The lowest BCUT2D eigenvalue weighted by molar-refractivity contribution is 0.628. The zero-order valence-electron chi connectivity index (χ0n) is 17.0. The Morgan fingerprint density at radius 1 is 0.781 bits per heavy atom. The van der Waals surface area contributed by atoms with E-state index in [9.17, 15) is 4.39 Å². The molecule has 0 saturated carbocycles. The van der Waals surface area contributed by atoms with Crippen molar-refractivity contribution in [2.45, 2.75) is 6.92 Å². The van der Waals surface area contributed by atoms with E-state index in [0.29, 0.717) is 17.0 Å². The molecule has 0 unspecified atom stereocenters. The Kier molecular flexibility index (Phi) is 4.04. The number of hydrogen-bond donors (Lipinski definition) is 2. The number of fused-ring (bicyclic) bond motifs is 2. The Morgan fingerprint density at radius 2 is 1.62 bits per heavy atom. The molecule has 5 aromatic heterocycles. The van der Waals surface area contributed by atoms with Crippen molar-refractivity contribution in [3.8, 4) is 33.9 Å². The number of hydrogen-bond acceptors (Lipinski definition) is 5. The number of halogens is 1. The van der Waals surface area contributed by atoms with Crippen LogP contribution in [0.3, 0.4) is 0 Å². The highest BCUT2D eigenvalue weighted by atomic mass is 19.1. The van der Waals surface area contributed by atoms with Gasteiger partial charge in [0.05, 0.1) is 28.4 Å². The molecule has 32 heavy (non-hydrogen) atoms. The number of aromatic nitrogens is 7. The van der Waals surface area contributed by atoms with E-state index in [-0.39, 0.29) is 5.82 Å². The standard InChI is InChI=1S/C24H16FN7/c1-13-8-9-26-10-16(13)18-6-7-19-22(28-18)23(32-31-19)24-29-20-12-27-11-17(21(20)30-24)14-2-4-15(25)5-3-14/h2-12H,1H3,(H,29,30)(H,31,32). The SMILES string of the molecule is Cc1ccncc1-c1ccc2[nH]nc(-c3nc4c(-c5ccc(F)cc5)cncc4[nH]3)c2n1. The topological polar surface area (TPSA) is 96.0 Å². The van der Waals surface area contributed by atoms with Crippen LogP contribution < -0.4 is 0 Å². The van der Waals surface area contributed by atoms with Gasteiger partial charge in [0.2, 0.25) is 0 Å². The van der Waals surface area contributed by atoms with Crippen LogP contribution in [-0.2, 0) is 0 Å². The minimum atomic E-state index is -0.287. The number of H-pyrrole nitrogens is 2. The summed E-state index contributed by atoms with van der Waals surface area (Å²) >= 11 is 0. The molecular weight excluding hydrogens is 405 g/mol. The summed E-state index contributed by atoms with van der Waals surface area (Å²) in [4.78, 5) is 21.5. The van der Waals surface area contributed by atoms with Gasteiger partial charge in [-0.05, 0) is 48.4 Å². The van der Waals surface area contributed by atoms with Crippen LogP contribution in [0.4, 0.5) is 4.39 Å². The normalized spacial score (nSPS) is 11.4. The first-order chi connectivity index (χ1) is 15.7. The largest absolute Gasteiger partial charge is 0.335 e. The first-order valence-electron chi connectivity index (χ1n) is 10.0. The maximum Gasteiger partial charge on any atom is 0.161 e. The summed E-state index contributed by atoms with van der Waals surface area (Å²) in [7, 11) is 0. The molecule has 1 aromatic carbocycles. The van der Waals surface area contributed by atoms with Crippen LogP contribution in [-0.4, -0.2) is 35.1 Å². The van der Waals surface area contributed by atoms with Gasteiger partial charge in [0.25, 0.3) is 0 Å². The monoisotopic (exact) mass is 421 g/mol. The molecule has 0 saturated heterocycles. The van der Waals surface area contributed by atoms with E-state index >= 15 is 0 Å². The molecule has 7 nitrogen and oxygen atoms in total. The highest BCUT2D eigenvalue weighted by molar-refractivity contribution is 5.95. The van der Waals surface area contributed by atoms with Gasteiger partial charge in [-0.25, -0.2) is 14.4 Å². The van der Waals surface area contributed by atoms with E-state index in [1.54, 1.807) is 30.7 Å². The summed E-state index contributed by atoms with van der Waals surface area (Å²) in [6, 6.07) is 12.1. The van der Waals surface area contributed by atoms with E-state index in [0.717, 1.165) is 44.5 Å². The zero-order chi connectivity index (χ0) is 21.7. The molecule has 5 heterocycles. The Balaban J connectivity index is 1.51. The maximum atomic E-state index is 13.4. The fourth-order valence-electron chi connectivity index (χ4n) is 3.83. The summed E-state index contributed by atoms with van der Waals surface area (Å²) in [5.41, 5.74) is 8.15. The molecule has 6 rings (SSSR count). The van der Waals surface area contributed by atoms with E-state index in [1.165, 1.54) is 12.1 Å². The molecule has 0 bridgehead atoms. The van der Waals surface area contributed by atoms with Gasteiger partial charge in [-0.3, -0.25) is 15.1 Å². The highest BCUT2D eigenvalue weighted by Crippen LogP contribution is 2.31. The zero-order valence-corrected chi connectivity index (χ0v) is 17.0. The Hall–Kier alpha value is -4.46. The predicted octanol–water partition coefficient (Wildman–Crippen LogP) is 5.07. The maximum absolute atomic E-state index is 13.4. The van der Waals surface area contributed by atoms with Gasteiger partial charge in [-0.2, -0.15) is 5.10 Å². The third kappa shape index (κ3) is 2.92. The van der Waals surface area contributed by atoms with Gasteiger partial charge < -0.3 is 4.98 Å². The number of aromatic amines is 2. The number of aryl methyl sites for hydroxylation is 1. The Morgan fingerprint density at radius 3 is 2.47 bits per heavy atom. The molecule has 0 aliphatic carbocycles. The smallest absolute Gasteiger partial charge is 0.161 e. The van der Waals surface area contributed by atoms with Gasteiger partial charge in [0, 0.05) is 29.7 Å². The third-order valence-electron chi connectivity index (χ3n) is 5.50. The van der Waals surface area contributed by atoms with Crippen molar-refractivity contribution < 1.29 is 4.39 Å². The molecule has 0 aliphatic rings. The summed E-state index contributed by atoms with van der Waals surface area (Å²) in [6.07, 6.45) is 7.02. The highest BCUT2D eigenvalue weighted by Gasteiger charge is 2.17. The summed E-state index contributed by atoms with van der Waals surface area (Å²) < 4.78 is 13.4. The van der Waals surface area contributed by atoms with Crippen LogP contribution in [0.15, 0.2) is 67.3 Å². The number of benzene rings is 1. The molecule has 0 spiro atoms. The first kappa shape index (κ1) is 18.3. The molecule has 6 aromatic rings. The van der Waals surface area contributed by atoms with Crippen molar-refractivity contribution in [2.24, 2.45) is 0 Å². The number of rotatable bonds is 3. The third-order valence-corrected chi connectivity index (χ3v) is 5.50. The number of pyridine rings is 3. The minimum absolute atomic E-state index is 0.287. The molecule has 0 radical (unpaired) electrons. The van der Waals surface area contributed by atoms with Gasteiger partial charge in [-0.15, -0.1) is 0 Å². The molecule has 2 N–H and O–H groups in total. The lowest BCUT2D eigenvalue weighted by atomic mass is 10.1. The van der Waals surface area contributed by atoms with Crippen LogP contribution >= 0.6 is 0 Å². The molecule has 154 valence electrons. The van der Waals surface area contributed by atoms with E-state index in [1.807, 2.05) is 31.3 Å². The van der Waals surface area contributed by atoms with Crippen LogP contribution in [0.5, 0.6) is 0 Å². The molecular formula is C24H16FN7. The lowest BCUT2D eigenvalue weighted by Gasteiger charge is -2.04. The van der Waals surface area contributed by atoms with E-state index < -0.39 is 0 Å². The van der Waals surface area contributed by atoms with Crippen molar-refractivity contribution in [1.29, 1.82) is 0 Å². The average Bonchev–Trinajstić information content (AvgIpc) is 3.43. The van der Waals surface area contributed by atoms with E-state index in [4.69, 9.17) is 9.97 Å². The summed E-state index contributed by atoms with van der Waals surface area (Å²) in [5.74, 6) is 0.292. The molecule has 0 fully saturated rings. The number of imidazole rings is 1. The summed E-state index contributed by atoms with van der Waals surface area (Å²) in [6.45, 7) is 2.03. The number of nitrogens with one attached hydrogen (secondary N) is 2. The van der Waals surface area contributed by atoms with Crippen molar-refractivity contribution in [3.05, 3.63) is 78.6 Å². The van der Waals surface area contributed by atoms with Crippen LogP contribution in [0.2, 0.25) is 0 Å². The minimum Gasteiger partial charge on any atom is -0.335 e. The lowest BCUT2D eigenvalue weighted by Crippen LogP contribution is -1.90. The molecule has 8 heteroatoms. The summed E-state index contributed by atoms with van der Waals surface area (Å²) in [5, 5.41) is 7.50. The Labute approximate surface area is 181 Å². The van der Waals surface area contributed by atoms with Crippen molar-refractivity contribution in [3.63, 3.8) is 0 Å². The fourth-order valence-corrected chi connectivity index (χ4v) is 3.83. The Bertz CT molecular complexity index is 1600. The van der Waals surface area contributed by atoms with Crippen LogP contribution in [0.1, 0.15) is 5.56 Å². The van der Waals surface area contributed by atoms with Crippen molar-refractivity contribution >= 4 is 22.1 Å². The second-order valence-corrected chi connectivity index (χ2v) is 7.53. The van der Waals surface area contributed by atoms with Crippen LogP contribution in [0, 0.1) is 12.7 Å². The van der Waals surface area contributed by atoms with Gasteiger partial charge in [0.15, 0.2) is 11.5 Å². The second kappa shape index (κ2) is 7.05.